The van der Waals surface area contributed by atoms with E-state index in [4.69, 9.17) is 16.7 Å². The second kappa shape index (κ2) is 4.12. The number of hydrogen-bond acceptors (Lipinski definition) is 3. The van der Waals surface area contributed by atoms with Gasteiger partial charge in [-0.25, -0.2) is 0 Å². The summed E-state index contributed by atoms with van der Waals surface area (Å²) in [5.41, 5.74) is 15.5. The van der Waals surface area contributed by atoms with E-state index in [9.17, 15) is 0 Å². The number of nitrogen functional groups attached to an aromatic ring is 1. The summed E-state index contributed by atoms with van der Waals surface area (Å²) in [6, 6.07) is 5.66. The Morgan fingerprint density at radius 3 is 2.64 bits per heavy atom. The number of nitriles is 1. The fourth-order valence-corrected chi connectivity index (χ4v) is 1.39. The number of nitrogens with two attached hydrogens (primary N) is 2. The van der Waals surface area contributed by atoms with Crippen LogP contribution in [0.3, 0.4) is 0 Å². The van der Waals surface area contributed by atoms with Crippen molar-refractivity contribution in [3.05, 3.63) is 28.8 Å². The first kappa shape index (κ1) is 10.6. The molecule has 0 aromatic heterocycles. The highest BCUT2D eigenvalue weighted by Gasteiger charge is 2.11. The minimum absolute atomic E-state index is 0.278. The van der Waals surface area contributed by atoms with Gasteiger partial charge in [0.1, 0.15) is 0 Å². The van der Waals surface area contributed by atoms with Crippen LogP contribution in [-0.4, -0.2) is 0 Å². The van der Waals surface area contributed by atoms with Crippen molar-refractivity contribution in [1.29, 1.82) is 5.26 Å². The first-order chi connectivity index (χ1) is 6.57. The van der Waals surface area contributed by atoms with Crippen LogP contribution in [-0.2, 0) is 0 Å². The molecule has 0 saturated carbocycles. The van der Waals surface area contributed by atoms with Crippen molar-refractivity contribution in [3.63, 3.8) is 0 Å². The average Bonchev–Trinajstić information content (AvgIpc) is 2.15. The Bertz CT molecular complexity index is 377. The second-order valence-electron chi connectivity index (χ2n) is 3.48. The summed E-state index contributed by atoms with van der Waals surface area (Å²) in [6.45, 7) is 3.97. The highest BCUT2D eigenvalue weighted by atomic mass is 14.7. The van der Waals surface area contributed by atoms with Crippen LogP contribution in [0.2, 0.25) is 0 Å². The normalized spacial score (nSPS) is 12.1. The molecule has 0 amide bonds. The van der Waals surface area contributed by atoms with E-state index in [-0.39, 0.29) is 6.04 Å². The lowest BCUT2D eigenvalue weighted by Crippen LogP contribution is -2.12. The van der Waals surface area contributed by atoms with Crippen LogP contribution in [0.25, 0.3) is 0 Å². The number of rotatable bonds is 2. The molecule has 0 unspecified atom stereocenters. The van der Waals surface area contributed by atoms with E-state index in [1.807, 2.05) is 32.0 Å². The molecule has 0 spiro atoms. The molecule has 3 nitrogen and oxygen atoms in total. The Morgan fingerprint density at radius 2 is 2.07 bits per heavy atom. The molecule has 0 saturated heterocycles. The van der Waals surface area contributed by atoms with Crippen molar-refractivity contribution in [3.8, 4) is 6.07 Å². The number of aryl methyl sites for hydroxylation is 1. The van der Waals surface area contributed by atoms with Gasteiger partial charge in [0, 0.05) is 11.7 Å². The maximum Gasteiger partial charge on any atom is 0.0641 e. The molecular weight excluding hydrogens is 174 g/mol. The molecule has 0 fully saturated rings. The molecule has 0 heterocycles. The molecule has 0 bridgehead atoms. The van der Waals surface area contributed by atoms with Gasteiger partial charge in [-0.05, 0) is 30.5 Å². The number of nitrogens with zero attached hydrogens (tertiary/aromatic N) is 1. The summed E-state index contributed by atoms with van der Waals surface area (Å²) in [5.74, 6) is 0. The minimum Gasteiger partial charge on any atom is -0.398 e. The van der Waals surface area contributed by atoms with Gasteiger partial charge in [0.25, 0.3) is 0 Å². The third-order valence-electron chi connectivity index (χ3n) is 2.53. The van der Waals surface area contributed by atoms with Gasteiger partial charge in [-0.2, -0.15) is 5.26 Å². The van der Waals surface area contributed by atoms with Gasteiger partial charge in [-0.1, -0.05) is 12.1 Å². The van der Waals surface area contributed by atoms with Crippen LogP contribution in [0, 0.1) is 25.2 Å². The van der Waals surface area contributed by atoms with Gasteiger partial charge in [0.15, 0.2) is 0 Å². The lowest BCUT2D eigenvalue weighted by atomic mass is 9.97. The lowest BCUT2D eigenvalue weighted by molar-refractivity contribution is 0.750. The SMILES string of the molecule is Cc1ccc([C@H](N)CC#N)c(N)c1C. The van der Waals surface area contributed by atoms with Crippen molar-refractivity contribution in [2.45, 2.75) is 26.3 Å². The molecule has 0 aliphatic heterocycles. The quantitative estimate of drug-likeness (QED) is 0.696. The molecule has 0 aliphatic carbocycles. The van der Waals surface area contributed by atoms with Crippen LogP contribution in [0.5, 0.6) is 0 Å². The van der Waals surface area contributed by atoms with Crippen LogP contribution in [0.4, 0.5) is 5.69 Å². The minimum atomic E-state index is -0.278. The molecule has 0 radical (unpaired) electrons. The van der Waals surface area contributed by atoms with Crippen LogP contribution in [0.15, 0.2) is 12.1 Å². The van der Waals surface area contributed by atoms with Gasteiger partial charge in [0.2, 0.25) is 0 Å². The predicted octanol–water partition coefficient (Wildman–Crippen LogP) is 1.80. The Kier molecular flexibility index (Phi) is 3.10. The maximum atomic E-state index is 8.54. The van der Waals surface area contributed by atoms with Crippen LogP contribution in [0.1, 0.15) is 29.2 Å². The Morgan fingerprint density at radius 1 is 1.43 bits per heavy atom. The average molecular weight is 189 g/mol. The zero-order valence-corrected chi connectivity index (χ0v) is 8.54. The number of anilines is 1. The Labute approximate surface area is 84.3 Å². The largest absolute Gasteiger partial charge is 0.398 e. The van der Waals surface area contributed by atoms with E-state index in [1.165, 1.54) is 0 Å². The van der Waals surface area contributed by atoms with Gasteiger partial charge >= 0.3 is 0 Å². The maximum absolute atomic E-state index is 8.54. The first-order valence-corrected chi connectivity index (χ1v) is 4.56. The van der Waals surface area contributed by atoms with Crippen molar-refractivity contribution in [2.24, 2.45) is 5.73 Å². The standard InChI is InChI=1S/C11H15N3/c1-7-3-4-9(10(13)5-6-12)11(14)8(7)2/h3-4,10H,5,13-14H2,1-2H3/t10-/m1/s1. The summed E-state index contributed by atoms with van der Waals surface area (Å²) in [5, 5.41) is 8.54. The number of hydrogen-bond donors (Lipinski definition) is 2. The van der Waals surface area contributed by atoms with E-state index in [2.05, 4.69) is 0 Å². The molecule has 3 heteroatoms. The molecule has 14 heavy (non-hydrogen) atoms. The van der Waals surface area contributed by atoms with Gasteiger partial charge in [-0.3, -0.25) is 0 Å². The van der Waals surface area contributed by atoms with Gasteiger partial charge in [-0.15, -0.1) is 0 Å². The topological polar surface area (TPSA) is 75.8 Å². The molecule has 4 N–H and O–H groups in total. The molecule has 1 aromatic carbocycles. The first-order valence-electron chi connectivity index (χ1n) is 4.56. The van der Waals surface area contributed by atoms with Crippen LogP contribution < -0.4 is 11.5 Å². The van der Waals surface area contributed by atoms with E-state index < -0.39 is 0 Å². The summed E-state index contributed by atoms with van der Waals surface area (Å²) >= 11 is 0. The van der Waals surface area contributed by atoms with E-state index in [0.29, 0.717) is 12.1 Å². The lowest BCUT2D eigenvalue weighted by Gasteiger charge is -2.14. The zero-order chi connectivity index (χ0) is 10.7. The molecule has 1 atom stereocenters. The third-order valence-corrected chi connectivity index (χ3v) is 2.53. The molecular formula is C11H15N3. The van der Waals surface area contributed by atoms with E-state index >= 15 is 0 Å². The molecule has 74 valence electrons. The van der Waals surface area contributed by atoms with Crippen molar-refractivity contribution >= 4 is 5.69 Å². The highest BCUT2D eigenvalue weighted by molar-refractivity contribution is 5.57. The van der Waals surface area contributed by atoms with Crippen molar-refractivity contribution in [1.82, 2.24) is 0 Å². The van der Waals surface area contributed by atoms with E-state index in [0.717, 1.165) is 16.7 Å². The third kappa shape index (κ3) is 1.86. The fourth-order valence-electron chi connectivity index (χ4n) is 1.39. The summed E-state index contributed by atoms with van der Waals surface area (Å²) in [7, 11) is 0. The predicted molar refractivity (Wildman–Crippen MR) is 57.5 cm³/mol. The van der Waals surface area contributed by atoms with Gasteiger partial charge in [0.05, 0.1) is 12.5 Å². The molecule has 1 aromatic rings. The highest BCUT2D eigenvalue weighted by Crippen LogP contribution is 2.26. The smallest absolute Gasteiger partial charge is 0.0641 e. The number of benzene rings is 1. The molecule has 1 rings (SSSR count). The van der Waals surface area contributed by atoms with E-state index in [1.54, 1.807) is 0 Å². The fraction of sp³-hybridized carbons (Fsp3) is 0.364. The Hall–Kier alpha value is -1.53. The second-order valence-corrected chi connectivity index (χ2v) is 3.48. The summed E-state index contributed by atoms with van der Waals surface area (Å²) in [4.78, 5) is 0. The summed E-state index contributed by atoms with van der Waals surface area (Å²) in [6.07, 6.45) is 0.298. The van der Waals surface area contributed by atoms with Crippen LogP contribution >= 0.6 is 0 Å². The monoisotopic (exact) mass is 189 g/mol. The van der Waals surface area contributed by atoms with Crippen molar-refractivity contribution in [2.75, 3.05) is 5.73 Å². The molecule has 0 aliphatic rings. The summed E-state index contributed by atoms with van der Waals surface area (Å²) < 4.78 is 0. The van der Waals surface area contributed by atoms with Gasteiger partial charge < -0.3 is 11.5 Å². The van der Waals surface area contributed by atoms with Crippen molar-refractivity contribution < 1.29 is 0 Å². The zero-order valence-electron chi connectivity index (χ0n) is 8.54. The Balaban J connectivity index is 3.12.